The van der Waals surface area contributed by atoms with Gasteiger partial charge in [-0.1, -0.05) is 166 Å². The third kappa shape index (κ3) is 4.98. The van der Waals surface area contributed by atoms with E-state index in [1.54, 1.807) is 0 Å². The largest absolute Gasteiger partial charge is 0.344 e. The van der Waals surface area contributed by atoms with E-state index < -0.39 is 0 Å². The van der Waals surface area contributed by atoms with Crippen LogP contribution in [-0.2, 0) is 5.41 Å². The van der Waals surface area contributed by atoms with Gasteiger partial charge in [0.2, 0.25) is 0 Å². The molecule has 7 aromatic carbocycles. The van der Waals surface area contributed by atoms with Crippen molar-refractivity contribution in [3.63, 3.8) is 0 Å². The average molecular weight is 630 g/mol. The molecule has 3 heteroatoms. The van der Waals surface area contributed by atoms with E-state index >= 15 is 0 Å². The number of hydrogen-bond donors (Lipinski definition) is 1. The summed E-state index contributed by atoms with van der Waals surface area (Å²) in [6, 6.07) is 58.4. The summed E-state index contributed by atoms with van der Waals surface area (Å²) in [7, 11) is 0. The Morgan fingerprint density at radius 2 is 1.12 bits per heavy atom. The zero-order chi connectivity index (χ0) is 33.0. The highest BCUT2D eigenvalue weighted by molar-refractivity contribution is 6.13. The standard InChI is InChI=1S/C46H35N3/c1-46(2)39-28-35(26-27-38(39)42-40(46)29-36-20-12-13-21-37(36)41(42)31-14-6-3-7-15-31)30-22-24-34(25-23-30)45-48-43(32-16-8-4-9-17-32)47-44(49-45)33-18-10-5-11-19-33/h3-29,43H,1-2H3,(H,47,48,49). The number of amidine groups is 2. The molecule has 234 valence electrons. The van der Waals surface area contributed by atoms with Crippen LogP contribution in [0, 0.1) is 0 Å². The number of benzene rings is 7. The maximum Gasteiger partial charge on any atom is 0.159 e. The lowest BCUT2D eigenvalue weighted by Crippen LogP contribution is -2.33. The second kappa shape index (κ2) is 11.6. The molecule has 1 aliphatic heterocycles. The number of nitrogens with one attached hydrogen (secondary N) is 1. The molecular weight excluding hydrogens is 595 g/mol. The zero-order valence-corrected chi connectivity index (χ0v) is 27.6. The predicted molar refractivity (Wildman–Crippen MR) is 204 cm³/mol. The monoisotopic (exact) mass is 629 g/mol. The van der Waals surface area contributed by atoms with Crippen molar-refractivity contribution in [3.05, 3.63) is 192 Å². The molecule has 0 aromatic heterocycles. The van der Waals surface area contributed by atoms with Gasteiger partial charge in [-0.25, -0.2) is 9.98 Å². The fourth-order valence-corrected chi connectivity index (χ4v) is 7.57. The van der Waals surface area contributed by atoms with Crippen molar-refractivity contribution >= 4 is 22.4 Å². The molecule has 0 amide bonds. The summed E-state index contributed by atoms with van der Waals surface area (Å²) in [5.74, 6) is 1.55. The first-order valence-electron chi connectivity index (χ1n) is 17.0. The van der Waals surface area contributed by atoms with E-state index in [0.29, 0.717) is 0 Å². The Morgan fingerprint density at radius 3 is 1.86 bits per heavy atom. The minimum atomic E-state index is -0.221. The lowest BCUT2D eigenvalue weighted by atomic mass is 9.80. The molecule has 0 fully saturated rings. The third-order valence-corrected chi connectivity index (χ3v) is 10.1. The molecule has 3 nitrogen and oxygen atoms in total. The molecule has 1 N–H and O–H groups in total. The highest BCUT2D eigenvalue weighted by Crippen LogP contribution is 2.55. The van der Waals surface area contributed by atoms with Crippen LogP contribution in [0.2, 0.25) is 0 Å². The van der Waals surface area contributed by atoms with E-state index in [9.17, 15) is 0 Å². The Balaban J connectivity index is 1.11. The maximum atomic E-state index is 5.06. The van der Waals surface area contributed by atoms with Gasteiger partial charge in [0, 0.05) is 16.5 Å². The highest BCUT2D eigenvalue weighted by Gasteiger charge is 2.38. The fourth-order valence-electron chi connectivity index (χ4n) is 7.57. The molecule has 0 saturated heterocycles. The van der Waals surface area contributed by atoms with Crippen molar-refractivity contribution in [1.29, 1.82) is 0 Å². The van der Waals surface area contributed by atoms with Crippen molar-refractivity contribution in [2.75, 3.05) is 0 Å². The Bertz CT molecular complexity index is 2410. The van der Waals surface area contributed by atoms with Crippen molar-refractivity contribution in [1.82, 2.24) is 5.32 Å². The molecular formula is C46H35N3. The van der Waals surface area contributed by atoms with Crippen LogP contribution in [0.1, 0.15) is 47.8 Å². The van der Waals surface area contributed by atoms with Gasteiger partial charge in [0.1, 0.15) is 12.0 Å². The van der Waals surface area contributed by atoms with Crippen LogP contribution in [0.4, 0.5) is 0 Å². The first-order chi connectivity index (χ1) is 24.0. The van der Waals surface area contributed by atoms with Gasteiger partial charge in [-0.05, 0) is 73.0 Å². The van der Waals surface area contributed by atoms with Crippen LogP contribution in [0.15, 0.2) is 174 Å². The fraction of sp³-hybridized carbons (Fsp3) is 0.0870. The average Bonchev–Trinajstić information content (AvgIpc) is 3.39. The lowest BCUT2D eigenvalue weighted by molar-refractivity contribution is 0.661. The smallest absolute Gasteiger partial charge is 0.159 e. The lowest BCUT2D eigenvalue weighted by Gasteiger charge is -2.24. The van der Waals surface area contributed by atoms with Gasteiger partial charge in [-0.3, -0.25) is 0 Å². The van der Waals surface area contributed by atoms with Crippen LogP contribution < -0.4 is 5.32 Å². The number of aliphatic imine (C=N–C) groups is 2. The van der Waals surface area contributed by atoms with Crippen molar-refractivity contribution < 1.29 is 0 Å². The van der Waals surface area contributed by atoms with Crippen molar-refractivity contribution in [2.45, 2.75) is 25.4 Å². The summed E-state index contributed by atoms with van der Waals surface area (Å²) in [6.45, 7) is 4.74. The second-order valence-corrected chi connectivity index (χ2v) is 13.5. The summed E-state index contributed by atoms with van der Waals surface area (Å²) < 4.78 is 0. The molecule has 0 radical (unpaired) electrons. The van der Waals surface area contributed by atoms with Crippen molar-refractivity contribution in [3.8, 4) is 33.4 Å². The predicted octanol–water partition coefficient (Wildman–Crippen LogP) is 11.0. The van der Waals surface area contributed by atoms with E-state index in [0.717, 1.165) is 28.4 Å². The number of nitrogens with zero attached hydrogens (tertiary/aromatic N) is 2. The first-order valence-corrected chi connectivity index (χ1v) is 17.0. The van der Waals surface area contributed by atoms with Crippen LogP contribution >= 0.6 is 0 Å². The van der Waals surface area contributed by atoms with Crippen LogP contribution in [0.5, 0.6) is 0 Å². The minimum absolute atomic E-state index is 0.146. The first kappa shape index (κ1) is 29.1. The van der Waals surface area contributed by atoms with Gasteiger partial charge < -0.3 is 5.32 Å². The van der Waals surface area contributed by atoms with Crippen molar-refractivity contribution in [2.24, 2.45) is 9.98 Å². The molecule has 0 spiro atoms. The van der Waals surface area contributed by atoms with E-state index in [1.807, 2.05) is 24.3 Å². The third-order valence-electron chi connectivity index (χ3n) is 10.1. The normalized spacial score (nSPS) is 15.9. The second-order valence-electron chi connectivity index (χ2n) is 13.5. The number of rotatable bonds is 5. The Morgan fingerprint density at radius 1 is 0.510 bits per heavy atom. The molecule has 0 saturated carbocycles. The summed E-state index contributed by atoms with van der Waals surface area (Å²) in [4.78, 5) is 10.1. The summed E-state index contributed by atoms with van der Waals surface area (Å²) >= 11 is 0. The minimum Gasteiger partial charge on any atom is -0.344 e. The Labute approximate surface area is 287 Å². The molecule has 0 bridgehead atoms. The molecule has 1 aliphatic carbocycles. The molecule has 9 rings (SSSR count). The number of fused-ring (bicyclic) bond motifs is 4. The van der Waals surface area contributed by atoms with E-state index in [2.05, 4.69) is 159 Å². The molecule has 7 aromatic rings. The molecule has 2 aliphatic rings. The number of hydrogen-bond acceptors (Lipinski definition) is 3. The molecule has 1 atom stereocenters. The maximum absolute atomic E-state index is 5.06. The van der Waals surface area contributed by atoms with Gasteiger partial charge in [0.15, 0.2) is 5.84 Å². The quantitative estimate of drug-likeness (QED) is 0.202. The van der Waals surface area contributed by atoms with Gasteiger partial charge in [0.05, 0.1) is 0 Å². The van der Waals surface area contributed by atoms with Crippen LogP contribution in [-0.4, -0.2) is 11.7 Å². The van der Waals surface area contributed by atoms with Crippen LogP contribution in [0.3, 0.4) is 0 Å². The molecule has 1 unspecified atom stereocenters. The van der Waals surface area contributed by atoms with E-state index in [4.69, 9.17) is 9.98 Å². The van der Waals surface area contributed by atoms with Gasteiger partial charge in [-0.2, -0.15) is 0 Å². The summed E-state index contributed by atoms with van der Waals surface area (Å²) in [5.41, 5.74) is 13.4. The Kier molecular flexibility index (Phi) is 6.87. The van der Waals surface area contributed by atoms with E-state index in [-0.39, 0.29) is 11.6 Å². The van der Waals surface area contributed by atoms with Gasteiger partial charge in [-0.15, -0.1) is 0 Å². The summed E-state index contributed by atoms with van der Waals surface area (Å²) in [6.07, 6.45) is -0.221. The topological polar surface area (TPSA) is 36.8 Å². The zero-order valence-electron chi connectivity index (χ0n) is 27.6. The SMILES string of the molecule is CC1(C)c2cc(-c3ccc(C4=NC(c5ccccc5)NC(c5ccccc5)=N4)cc3)ccc2-c2c1cc1ccccc1c2-c1ccccc1. The van der Waals surface area contributed by atoms with E-state index in [1.165, 1.54) is 55.3 Å². The Hall–Kier alpha value is -6.06. The van der Waals surface area contributed by atoms with Crippen LogP contribution in [0.25, 0.3) is 44.2 Å². The highest BCUT2D eigenvalue weighted by atomic mass is 15.2. The summed E-state index contributed by atoms with van der Waals surface area (Å²) in [5, 5.41) is 6.13. The van der Waals surface area contributed by atoms with Gasteiger partial charge >= 0.3 is 0 Å². The van der Waals surface area contributed by atoms with Gasteiger partial charge in [0.25, 0.3) is 0 Å². The molecule has 1 heterocycles. The molecule has 49 heavy (non-hydrogen) atoms.